The highest BCUT2D eigenvalue weighted by Gasteiger charge is 2.21. The molecule has 0 aliphatic heterocycles. The lowest BCUT2D eigenvalue weighted by Crippen LogP contribution is -2.20. The molecule has 1 amide bonds. The Labute approximate surface area is 135 Å². The number of H-pyrrole nitrogens is 1. The highest BCUT2D eigenvalue weighted by molar-refractivity contribution is 9.10. The van der Waals surface area contributed by atoms with Gasteiger partial charge in [-0.2, -0.15) is 10.2 Å². The Bertz CT molecular complexity index is 739. The molecule has 0 fully saturated rings. The Balaban J connectivity index is 1.71. The van der Waals surface area contributed by atoms with Crippen molar-refractivity contribution >= 4 is 28.1 Å². The lowest BCUT2D eigenvalue weighted by Gasteiger charge is -2.10. The quantitative estimate of drug-likeness (QED) is 0.578. The van der Waals surface area contributed by atoms with Crippen LogP contribution in [-0.4, -0.2) is 27.4 Å². The van der Waals surface area contributed by atoms with Crippen molar-refractivity contribution in [1.29, 1.82) is 0 Å². The maximum Gasteiger partial charge on any atom is 0.292 e. The van der Waals surface area contributed by atoms with Gasteiger partial charge in [-0.25, -0.2) is 5.43 Å². The first kappa shape index (κ1) is 14.8. The highest BCUT2D eigenvalue weighted by Crippen LogP contribution is 2.22. The normalized spacial score (nSPS) is 14.0. The summed E-state index contributed by atoms with van der Waals surface area (Å²) in [5, 5.41) is 20.6. The molecule has 7 heteroatoms. The van der Waals surface area contributed by atoms with Crippen molar-refractivity contribution in [1.82, 2.24) is 15.6 Å². The van der Waals surface area contributed by atoms with Crippen LogP contribution in [0.25, 0.3) is 0 Å². The van der Waals surface area contributed by atoms with E-state index >= 15 is 0 Å². The molecule has 3 rings (SSSR count). The number of phenols is 1. The summed E-state index contributed by atoms with van der Waals surface area (Å²) in [6.45, 7) is 0. The molecule has 0 saturated heterocycles. The Morgan fingerprint density at radius 1 is 1.41 bits per heavy atom. The van der Waals surface area contributed by atoms with Gasteiger partial charge in [0.2, 0.25) is 0 Å². The minimum absolute atomic E-state index is 0.0957. The average Bonchev–Trinajstić information content (AvgIpc) is 2.94. The van der Waals surface area contributed by atoms with Crippen molar-refractivity contribution in [3.05, 3.63) is 45.2 Å². The fourth-order valence-corrected chi connectivity index (χ4v) is 2.89. The van der Waals surface area contributed by atoms with Gasteiger partial charge >= 0.3 is 0 Å². The van der Waals surface area contributed by atoms with Gasteiger partial charge in [0.05, 0.1) is 6.21 Å². The molecule has 3 N–H and O–H groups in total. The first-order valence-corrected chi connectivity index (χ1v) is 7.82. The number of nitrogens with one attached hydrogen (secondary N) is 2. The average molecular weight is 363 g/mol. The fraction of sp³-hybridized carbons (Fsp3) is 0.267. The van der Waals surface area contributed by atoms with Crippen LogP contribution in [0, 0.1) is 0 Å². The number of rotatable bonds is 3. The van der Waals surface area contributed by atoms with Gasteiger partial charge in [0.1, 0.15) is 5.75 Å². The minimum Gasteiger partial charge on any atom is -0.507 e. The molecule has 0 bridgehead atoms. The minimum atomic E-state index is -0.342. The number of hydrogen-bond donors (Lipinski definition) is 3. The Morgan fingerprint density at radius 3 is 3.09 bits per heavy atom. The van der Waals surface area contributed by atoms with Gasteiger partial charge in [0.15, 0.2) is 5.69 Å². The van der Waals surface area contributed by atoms with E-state index in [1.54, 1.807) is 18.2 Å². The molecule has 2 aromatic rings. The molecule has 0 radical (unpaired) electrons. The number of carbonyl (C=O) groups is 1. The van der Waals surface area contributed by atoms with Crippen LogP contribution in [0.1, 0.15) is 40.2 Å². The number of fused-ring (bicyclic) bond motifs is 1. The molecule has 0 saturated carbocycles. The first-order chi connectivity index (χ1) is 10.6. The van der Waals surface area contributed by atoms with Crippen LogP contribution in [0.2, 0.25) is 0 Å². The van der Waals surface area contributed by atoms with Crippen LogP contribution in [0.15, 0.2) is 27.8 Å². The van der Waals surface area contributed by atoms with Gasteiger partial charge in [-0.1, -0.05) is 15.9 Å². The van der Waals surface area contributed by atoms with Crippen molar-refractivity contribution in [2.75, 3.05) is 0 Å². The number of aryl methyl sites for hydroxylation is 1. The van der Waals surface area contributed by atoms with Gasteiger partial charge in [-0.3, -0.25) is 9.89 Å². The second-order valence-corrected chi connectivity index (χ2v) is 6.05. The first-order valence-electron chi connectivity index (χ1n) is 7.03. The summed E-state index contributed by atoms with van der Waals surface area (Å²) in [6, 6.07) is 4.99. The number of hydrazone groups is 1. The molecule has 1 aliphatic rings. The molecule has 1 aromatic carbocycles. The smallest absolute Gasteiger partial charge is 0.292 e. The summed E-state index contributed by atoms with van der Waals surface area (Å²) >= 11 is 3.32. The van der Waals surface area contributed by atoms with E-state index in [1.807, 2.05) is 0 Å². The summed E-state index contributed by atoms with van der Waals surface area (Å²) in [5.41, 5.74) is 5.41. The second-order valence-electron chi connectivity index (χ2n) is 5.14. The molecule has 0 atom stereocenters. The third-order valence-electron chi connectivity index (χ3n) is 3.63. The molecule has 1 aromatic heterocycles. The SMILES string of the molecule is O=C(N/N=C/c1cc(Br)ccc1O)c1n[nH]c2c1CCCC2. The second kappa shape index (κ2) is 6.31. The number of aromatic nitrogens is 2. The lowest BCUT2D eigenvalue weighted by atomic mass is 9.96. The number of aromatic amines is 1. The van der Waals surface area contributed by atoms with E-state index in [0.29, 0.717) is 11.3 Å². The number of phenolic OH excluding ortho intramolecular Hbond substituents is 1. The molecule has 0 unspecified atom stereocenters. The number of aromatic hydroxyl groups is 1. The molecule has 0 spiro atoms. The summed E-state index contributed by atoms with van der Waals surface area (Å²) < 4.78 is 0.819. The molecule has 114 valence electrons. The molecule has 1 aliphatic carbocycles. The van der Waals surface area contributed by atoms with E-state index in [-0.39, 0.29) is 11.7 Å². The Hall–Kier alpha value is -2.15. The zero-order chi connectivity index (χ0) is 15.5. The lowest BCUT2D eigenvalue weighted by molar-refractivity contribution is 0.0949. The van der Waals surface area contributed by atoms with Crippen molar-refractivity contribution in [2.45, 2.75) is 25.7 Å². The van der Waals surface area contributed by atoms with E-state index in [0.717, 1.165) is 41.4 Å². The Morgan fingerprint density at radius 2 is 2.23 bits per heavy atom. The molecule has 22 heavy (non-hydrogen) atoms. The van der Waals surface area contributed by atoms with Crippen molar-refractivity contribution in [3.8, 4) is 5.75 Å². The van der Waals surface area contributed by atoms with Crippen LogP contribution in [0.3, 0.4) is 0 Å². The largest absolute Gasteiger partial charge is 0.507 e. The molecule has 6 nitrogen and oxygen atoms in total. The predicted molar refractivity (Wildman–Crippen MR) is 86.1 cm³/mol. The molecular weight excluding hydrogens is 348 g/mol. The number of benzene rings is 1. The number of hydrogen-bond acceptors (Lipinski definition) is 4. The van der Waals surface area contributed by atoms with Gasteiger partial charge in [-0.05, 0) is 43.9 Å². The van der Waals surface area contributed by atoms with Crippen LogP contribution < -0.4 is 5.43 Å². The van der Waals surface area contributed by atoms with Gasteiger partial charge < -0.3 is 5.11 Å². The maximum absolute atomic E-state index is 12.1. The van der Waals surface area contributed by atoms with Crippen molar-refractivity contribution in [2.24, 2.45) is 5.10 Å². The summed E-state index contributed by atoms with van der Waals surface area (Å²) in [4.78, 5) is 12.1. The summed E-state index contributed by atoms with van der Waals surface area (Å²) in [5.74, 6) is -0.247. The standard InChI is InChI=1S/C15H15BrN4O2/c16-10-5-6-13(21)9(7-10)8-17-20-15(22)14-11-3-1-2-4-12(11)18-19-14/h5-8,21H,1-4H2,(H,18,19)(H,20,22)/b17-8+. The summed E-state index contributed by atoms with van der Waals surface area (Å²) in [6.07, 6.45) is 5.39. The van der Waals surface area contributed by atoms with Crippen molar-refractivity contribution < 1.29 is 9.90 Å². The number of halogens is 1. The van der Waals surface area contributed by atoms with Crippen molar-refractivity contribution in [3.63, 3.8) is 0 Å². The van der Waals surface area contributed by atoms with Crippen LogP contribution in [0.4, 0.5) is 0 Å². The number of amides is 1. The fourth-order valence-electron chi connectivity index (χ4n) is 2.51. The summed E-state index contributed by atoms with van der Waals surface area (Å²) in [7, 11) is 0. The highest BCUT2D eigenvalue weighted by atomic mass is 79.9. The number of carbonyl (C=O) groups excluding carboxylic acids is 1. The third-order valence-corrected chi connectivity index (χ3v) is 4.12. The van der Waals surface area contributed by atoms with Gasteiger partial charge in [0.25, 0.3) is 5.91 Å². The molecular formula is C15H15BrN4O2. The third kappa shape index (κ3) is 3.04. The number of nitrogens with zero attached hydrogens (tertiary/aromatic N) is 2. The van der Waals surface area contributed by atoms with E-state index in [9.17, 15) is 9.90 Å². The van der Waals surface area contributed by atoms with E-state index < -0.39 is 0 Å². The Kier molecular flexibility index (Phi) is 4.24. The molecule has 1 heterocycles. The monoisotopic (exact) mass is 362 g/mol. The zero-order valence-electron chi connectivity index (χ0n) is 11.8. The van der Waals surface area contributed by atoms with E-state index in [2.05, 4.69) is 36.7 Å². The van der Waals surface area contributed by atoms with Gasteiger partial charge in [0, 0.05) is 21.3 Å². The topological polar surface area (TPSA) is 90.4 Å². The van der Waals surface area contributed by atoms with Crippen LogP contribution in [-0.2, 0) is 12.8 Å². The zero-order valence-corrected chi connectivity index (χ0v) is 13.4. The van der Waals surface area contributed by atoms with E-state index in [4.69, 9.17) is 0 Å². The van der Waals surface area contributed by atoms with Crippen LogP contribution in [0.5, 0.6) is 5.75 Å². The predicted octanol–water partition coefficient (Wildman–Crippen LogP) is 2.52. The maximum atomic E-state index is 12.1. The van der Waals surface area contributed by atoms with Gasteiger partial charge in [-0.15, -0.1) is 0 Å². The van der Waals surface area contributed by atoms with Crippen LogP contribution >= 0.6 is 15.9 Å². The van der Waals surface area contributed by atoms with E-state index in [1.165, 1.54) is 6.21 Å².